The number of urea groups is 1. The van der Waals surface area contributed by atoms with E-state index in [0.29, 0.717) is 6.42 Å². The van der Waals surface area contributed by atoms with Gasteiger partial charge in [-0.15, -0.1) is 0 Å². The van der Waals surface area contributed by atoms with Crippen LogP contribution < -0.4 is 10.6 Å². The van der Waals surface area contributed by atoms with Crippen LogP contribution >= 0.6 is 0 Å². The maximum absolute atomic E-state index is 12.1. The fraction of sp³-hybridized carbons (Fsp3) is 0.562. The smallest absolute Gasteiger partial charge is 0.315 e. The van der Waals surface area contributed by atoms with Crippen molar-refractivity contribution in [1.29, 1.82) is 0 Å². The first-order valence-electron chi connectivity index (χ1n) is 7.37. The lowest BCUT2D eigenvalue weighted by Crippen LogP contribution is -2.54. The molecule has 110 valence electrons. The first-order chi connectivity index (χ1) is 9.63. The fourth-order valence-electron chi connectivity index (χ4n) is 2.60. The zero-order valence-corrected chi connectivity index (χ0v) is 12.1. The Kier molecular flexibility index (Phi) is 5.01. The van der Waals surface area contributed by atoms with Crippen LogP contribution in [0.25, 0.3) is 0 Å². The molecule has 1 aromatic rings. The SMILES string of the molecule is CC1(NC(=O)NC(CCCO)c2ccccc2)CCC1. The van der Waals surface area contributed by atoms with E-state index < -0.39 is 0 Å². The predicted octanol–water partition coefficient (Wildman–Crippen LogP) is 2.74. The van der Waals surface area contributed by atoms with Crippen LogP contribution in [0.3, 0.4) is 0 Å². The Morgan fingerprint density at radius 3 is 2.60 bits per heavy atom. The highest BCUT2D eigenvalue weighted by Crippen LogP contribution is 2.31. The van der Waals surface area contributed by atoms with Crippen LogP contribution in [0.15, 0.2) is 30.3 Å². The molecule has 4 nitrogen and oxygen atoms in total. The molecule has 2 rings (SSSR count). The van der Waals surface area contributed by atoms with Gasteiger partial charge in [0.15, 0.2) is 0 Å². The highest BCUT2D eigenvalue weighted by molar-refractivity contribution is 5.75. The van der Waals surface area contributed by atoms with Crippen molar-refractivity contribution in [2.75, 3.05) is 6.61 Å². The van der Waals surface area contributed by atoms with Crippen molar-refractivity contribution in [2.45, 2.75) is 50.6 Å². The first-order valence-corrected chi connectivity index (χ1v) is 7.37. The van der Waals surface area contributed by atoms with Crippen LogP contribution in [-0.4, -0.2) is 23.3 Å². The van der Waals surface area contributed by atoms with Gasteiger partial charge in [-0.05, 0) is 44.6 Å². The molecule has 0 saturated heterocycles. The number of hydrogen-bond acceptors (Lipinski definition) is 2. The van der Waals surface area contributed by atoms with Gasteiger partial charge in [0, 0.05) is 12.1 Å². The van der Waals surface area contributed by atoms with Gasteiger partial charge in [0.1, 0.15) is 0 Å². The summed E-state index contributed by atoms with van der Waals surface area (Å²) < 4.78 is 0. The summed E-state index contributed by atoms with van der Waals surface area (Å²) in [7, 11) is 0. The van der Waals surface area contributed by atoms with Gasteiger partial charge >= 0.3 is 6.03 Å². The van der Waals surface area contributed by atoms with Crippen LogP contribution in [0.2, 0.25) is 0 Å². The Labute approximate surface area is 120 Å². The largest absolute Gasteiger partial charge is 0.396 e. The van der Waals surface area contributed by atoms with E-state index in [1.165, 1.54) is 6.42 Å². The number of aliphatic hydroxyl groups excluding tert-OH is 1. The van der Waals surface area contributed by atoms with Crippen LogP contribution in [0.5, 0.6) is 0 Å². The minimum atomic E-state index is -0.112. The molecule has 0 radical (unpaired) electrons. The van der Waals surface area contributed by atoms with Gasteiger partial charge in [-0.2, -0.15) is 0 Å². The predicted molar refractivity (Wildman–Crippen MR) is 79.4 cm³/mol. The third kappa shape index (κ3) is 3.97. The van der Waals surface area contributed by atoms with E-state index in [9.17, 15) is 4.79 Å². The molecule has 0 aliphatic heterocycles. The van der Waals surface area contributed by atoms with Gasteiger partial charge in [-0.3, -0.25) is 0 Å². The van der Waals surface area contributed by atoms with Gasteiger partial charge in [0.05, 0.1) is 6.04 Å². The van der Waals surface area contributed by atoms with Crippen molar-refractivity contribution in [2.24, 2.45) is 0 Å². The van der Waals surface area contributed by atoms with Crippen LogP contribution in [0.1, 0.15) is 50.6 Å². The molecule has 1 unspecified atom stereocenters. The molecular formula is C16H24N2O2. The summed E-state index contributed by atoms with van der Waals surface area (Å²) in [6.45, 7) is 2.23. The van der Waals surface area contributed by atoms with E-state index in [1.54, 1.807) is 0 Å². The van der Waals surface area contributed by atoms with Crippen molar-refractivity contribution >= 4 is 6.03 Å². The summed E-state index contributed by atoms with van der Waals surface area (Å²) in [6, 6.07) is 9.75. The number of amides is 2. The Balaban J connectivity index is 1.94. The fourth-order valence-corrected chi connectivity index (χ4v) is 2.60. The van der Waals surface area contributed by atoms with E-state index in [4.69, 9.17) is 5.11 Å². The molecule has 1 aliphatic carbocycles. The van der Waals surface area contributed by atoms with Gasteiger partial charge in [0.2, 0.25) is 0 Å². The molecule has 4 heteroatoms. The van der Waals surface area contributed by atoms with Crippen molar-refractivity contribution in [3.8, 4) is 0 Å². The van der Waals surface area contributed by atoms with E-state index in [0.717, 1.165) is 24.8 Å². The number of rotatable bonds is 6. The zero-order chi connectivity index (χ0) is 14.4. The molecule has 1 atom stereocenters. The van der Waals surface area contributed by atoms with Crippen LogP contribution in [0, 0.1) is 0 Å². The number of aliphatic hydroxyl groups is 1. The van der Waals surface area contributed by atoms with Crippen molar-refractivity contribution in [3.63, 3.8) is 0 Å². The molecule has 0 aromatic heterocycles. The van der Waals surface area contributed by atoms with Crippen molar-refractivity contribution < 1.29 is 9.90 Å². The second kappa shape index (κ2) is 6.75. The Morgan fingerprint density at radius 2 is 2.05 bits per heavy atom. The first kappa shape index (κ1) is 14.9. The number of hydrogen-bond donors (Lipinski definition) is 3. The van der Waals surface area contributed by atoms with Gasteiger partial charge in [0.25, 0.3) is 0 Å². The minimum absolute atomic E-state index is 0.0394. The molecule has 1 saturated carbocycles. The van der Waals surface area contributed by atoms with E-state index in [-0.39, 0.29) is 24.2 Å². The highest BCUT2D eigenvalue weighted by atomic mass is 16.3. The monoisotopic (exact) mass is 276 g/mol. The lowest BCUT2D eigenvalue weighted by Gasteiger charge is -2.39. The van der Waals surface area contributed by atoms with E-state index in [2.05, 4.69) is 17.6 Å². The van der Waals surface area contributed by atoms with Gasteiger partial charge in [-0.1, -0.05) is 30.3 Å². The molecule has 0 bridgehead atoms. The average molecular weight is 276 g/mol. The summed E-state index contributed by atoms with van der Waals surface area (Å²) in [6.07, 6.45) is 4.70. The van der Waals surface area contributed by atoms with E-state index >= 15 is 0 Å². The molecule has 0 heterocycles. The van der Waals surface area contributed by atoms with Gasteiger partial charge in [-0.25, -0.2) is 4.79 Å². The second-order valence-corrected chi connectivity index (χ2v) is 5.84. The topological polar surface area (TPSA) is 61.4 Å². The highest BCUT2D eigenvalue weighted by Gasteiger charge is 2.33. The number of carbonyl (C=O) groups excluding carboxylic acids is 1. The quantitative estimate of drug-likeness (QED) is 0.748. The second-order valence-electron chi connectivity index (χ2n) is 5.84. The standard InChI is InChI=1S/C16H24N2O2/c1-16(10-6-11-16)18-15(20)17-14(9-5-12-19)13-7-3-2-4-8-13/h2-4,7-8,14,19H,5-6,9-12H2,1H3,(H2,17,18,20). The third-order valence-corrected chi connectivity index (χ3v) is 4.03. The maximum Gasteiger partial charge on any atom is 0.315 e. The maximum atomic E-state index is 12.1. The Bertz CT molecular complexity index is 429. The van der Waals surface area contributed by atoms with Gasteiger partial charge < -0.3 is 15.7 Å². The number of carbonyl (C=O) groups is 1. The summed E-state index contributed by atoms with van der Waals surface area (Å²) in [5.74, 6) is 0. The van der Waals surface area contributed by atoms with Crippen molar-refractivity contribution in [1.82, 2.24) is 10.6 Å². The molecule has 1 fully saturated rings. The molecule has 20 heavy (non-hydrogen) atoms. The summed E-state index contributed by atoms with van der Waals surface area (Å²) >= 11 is 0. The van der Waals surface area contributed by atoms with E-state index in [1.807, 2.05) is 30.3 Å². The molecule has 1 aliphatic rings. The zero-order valence-electron chi connectivity index (χ0n) is 12.1. The summed E-state index contributed by atoms with van der Waals surface area (Å²) in [5, 5.41) is 15.1. The van der Waals surface area contributed by atoms with Crippen LogP contribution in [-0.2, 0) is 0 Å². The minimum Gasteiger partial charge on any atom is -0.396 e. The molecule has 1 aromatic carbocycles. The summed E-state index contributed by atoms with van der Waals surface area (Å²) in [5.41, 5.74) is 1.04. The summed E-state index contributed by atoms with van der Waals surface area (Å²) in [4.78, 5) is 12.1. The normalized spacial score (nSPS) is 17.9. The lowest BCUT2D eigenvalue weighted by molar-refractivity contribution is 0.187. The molecular weight excluding hydrogens is 252 g/mol. The average Bonchev–Trinajstić information content (AvgIpc) is 2.42. The molecule has 2 amide bonds. The van der Waals surface area contributed by atoms with Crippen molar-refractivity contribution in [3.05, 3.63) is 35.9 Å². The van der Waals surface area contributed by atoms with Crippen LogP contribution in [0.4, 0.5) is 4.79 Å². The third-order valence-electron chi connectivity index (χ3n) is 4.03. The Hall–Kier alpha value is -1.55. The number of nitrogens with one attached hydrogen (secondary N) is 2. The lowest BCUT2D eigenvalue weighted by atomic mass is 9.79. The molecule has 0 spiro atoms. The molecule has 3 N–H and O–H groups in total. The Morgan fingerprint density at radius 1 is 1.35 bits per heavy atom. The number of benzene rings is 1.